The van der Waals surface area contributed by atoms with E-state index in [1.165, 1.54) is 5.39 Å². The molecule has 0 radical (unpaired) electrons. The zero-order valence-corrected chi connectivity index (χ0v) is 14.8. The fraction of sp³-hybridized carbons (Fsp3) is 0.300. The van der Waals surface area contributed by atoms with Gasteiger partial charge in [-0.1, -0.05) is 35.5 Å². The summed E-state index contributed by atoms with van der Waals surface area (Å²) in [6.45, 7) is 5.73. The van der Waals surface area contributed by atoms with Gasteiger partial charge < -0.3 is 14.7 Å². The topological polar surface area (TPSA) is 61.6 Å². The van der Waals surface area contributed by atoms with Crippen molar-refractivity contribution in [3.05, 3.63) is 60.0 Å². The number of hydrogen-bond donors (Lipinski definition) is 1. The van der Waals surface area contributed by atoms with Gasteiger partial charge >= 0.3 is 6.03 Å². The molecule has 0 atom stereocenters. The standard InChI is InChI=1S/C20H22N4O2/c1-15-12-19(22-26-15)14-23-8-10-24(11-9-23)20(25)21-18-7-6-16-4-2-3-5-17(16)13-18/h2-7,12-13H,8-11,14H2,1H3,(H,21,25). The lowest BCUT2D eigenvalue weighted by Crippen LogP contribution is -2.49. The van der Waals surface area contributed by atoms with Crippen molar-refractivity contribution in [2.45, 2.75) is 13.5 Å². The maximum atomic E-state index is 12.5. The van der Waals surface area contributed by atoms with Gasteiger partial charge in [-0.15, -0.1) is 0 Å². The third kappa shape index (κ3) is 3.70. The van der Waals surface area contributed by atoms with Gasteiger partial charge in [0.2, 0.25) is 0 Å². The highest BCUT2D eigenvalue weighted by molar-refractivity contribution is 5.93. The van der Waals surface area contributed by atoms with E-state index in [-0.39, 0.29) is 6.03 Å². The van der Waals surface area contributed by atoms with Crippen LogP contribution in [-0.2, 0) is 6.54 Å². The van der Waals surface area contributed by atoms with E-state index < -0.39 is 0 Å². The van der Waals surface area contributed by atoms with Crippen LogP contribution in [0.1, 0.15) is 11.5 Å². The summed E-state index contributed by atoms with van der Waals surface area (Å²) in [4.78, 5) is 16.7. The Labute approximate surface area is 152 Å². The molecule has 2 aromatic carbocycles. The second-order valence-corrected chi connectivity index (χ2v) is 6.68. The number of nitrogens with zero attached hydrogens (tertiary/aromatic N) is 3. The van der Waals surface area contributed by atoms with Crippen LogP contribution in [0.5, 0.6) is 0 Å². The summed E-state index contributed by atoms with van der Waals surface area (Å²) in [5, 5.41) is 9.34. The average molecular weight is 350 g/mol. The number of amides is 2. The fourth-order valence-corrected chi connectivity index (χ4v) is 3.30. The summed E-state index contributed by atoms with van der Waals surface area (Å²) in [7, 11) is 0. The highest BCUT2D eigenvalue weighted by Crippen LogP contribution is 2.19. The number of benzene rings is 2. The Morgan fingerprint density at radius 3 is 2.58 bits per heavy atom. The first-order valence-electron chi connectivity index (χ1n) is 8.87. The molecule has 0 spiro atoms. The molecule has 4 rings (SSSR count). The van der Waals surface area contributed by atoms with Crippen LogP contribution < -0.4 is 5.32 Å². The van der Waals surface area contributed by atoms with Gasteiger partial charge in [0, 0.05) is 44.5 Å². The maximum absolute atomic E-state index is 12.5. The predicted octanol–water partition coefficient (Wildman–Crippen LogP) is 3.49. The Kier molecular flexibility index (Phi) is 4.58. The summed E-state index contributed by atoms with van der Waals surface area (Å²) < 4.78 is 5.11. The van der Waals surface area contributed by atoms with Crippen molar-refractivity contribution in [3.63, 3.8) is 0 Å². The lowest BCUT2D eigenvalue weighted by Gasteiger charge is -2.34. The molecular formula is C20H22N4O2. The highest BCUT2D eigenvalue weighted by Gasteiger charge is 2.21. The summed E-state index contributed by atoms with van der Waals surface area (Å²) in [6, 6.07) is 16.0. The highest BCUT2D eigenvalue weighted by atomic mass is 16.5. The minimum atomic E-state index is -0.0442. The largest absolute Gasteiger partial charge is 0.361 e. The monoisotopic (exact) mass is 350 g/mol. The van der Waals surface area contributed by atoms with Crippen molar-refractivity contribution in [1.29, 1.82) is 0 Å². The molecule has 2 amide bonds. The van der Waals surface area contributed by atoms with Crippen LogP contribution in [0.3, 0.4) is 0 Å². The van der Waals surface area contributed by atoms with Crippen LogP contribution in [0.15, 0.2) is 53.1 Å². The quantitative estimate of drug-likeness (QED) is 0.785. The van der Waals surface area contributed by atoms with Crippen LogP contribution in [0.4, 0.5) is 10.5 Å². The van der Waals surface area contributed by atoms with Crippen molar-refractivity contribution >= 4 is 22.5 Å². The van der Waals surface area contributed by atoms with Gasteiger partial charge in [0.25, 0.3) is 0 Å². The van der Waals surface area contributed by atoms with E-state index in [4.69, 9.17) is 4.52 Å². The molecule has 134 valence electrons. The molecule has 6 nitrogen and oxygen atoms in total. The van der Waals surface area contributed by atoms with Crippen molar-refractivity contribution < 1.29 is 9.32 Å². The number of hydrogen-bond acceptors (Lipinski definition) is 4. The Morgan fingerprint density at radius 2 is 1.85 bits per heavy atom. The molecule has 2 heterocycles. The third-order valence-corrected chi connectivity index (χ3v) is 4.72. The number of aromatic nitrogens is 1. The average Bonchev–Trinajstić information content (AvgIpc) is 3.07. The Hall–Kier alpha value is -2.86. The second-order valence-electron chi connectivity index (χ2n) is 6.68. The smallest absolute Gasteiger partial charge is 0.321 e. The first-order chi connectivity index (χ1) is 12.7. The van der Waals surface area contributed by atoms with Crippen molar-refractivity contribution in [3.8, 4) is 0 Å². The van der Waals surface area contributed by atoms with E-state index in [0.717, 1.165) is 42.2 Å². The van der Waals surface area contributed by atoms with Gasteiger partial charge in [-0.2, -0.15) is 0 Å². The van der Waals surface area contributed by atoms with Crippen LogP contribution in [-0.4, -0.2) is 47.2 Å². The number of urea groups is 1. The molecule has 1 aliphatic rings. The third-order valence-electron chi connectivity index (χ3n) is 4.72. The Balaban J connectivity index is 1.32. The summed E-state index contributed by atoms with van der Waals surface area (Å²) in [6.07, 6.45) is 0. The normalized spacial score (nSPS) is 15.3. The molecule has 1 aliphatic heterocycles. The molecule has 1 fully saturated rings. The van der Waals surface area contributed by atoms with E-state index in [1.54, 1.807) is 0 Å². The summed E-state index contributed by atoms with van der Waals surface area (Å²) in [5.74, 6) is 0.827. The number of anilines is 1. The zero-order chi connectivity index (χ0) is 17.9. The number of fused-ring (bicyclic) bond motifs is 1. The van der Waals surface area contributed by atoms with E-state index in [1.807, 2.05) is 48.2 Å². The molecule has 1 aromatic heterocycles. The molecule has 3 aromatic rings. The van der Waals surface area contributed by atoms with Gasteiger partial charge in [0.1, 0.15) is 5.76 Å². The molecule has 1 N–H and O–H groups in total. The number of rotatable bonds is 3. The van der Waals surface area contributed by atoms with Crippen molar-refractivity contribution in [2.75, 3.05) is 31.5 Å². The lowest BCUT2D eigenvalue weighted by atomic mass is 10.1. The van der Waals surface area contributed by atoms with E-state index in [9.17, 15) is 4.79 Å². The van der Waals surface area contributed by atoms with Gasteiger partial charge in [-0.25, -0.2) is 4.79 Å². The van der Waals surface area contributed by atoms with E-state index in [2.05, 4.69) is 27.5 Å². The lowest BCUT2D eigenvalue weighted by molar-refractivity contribution is 0.141. The van der Waals surface area contributed by atoms with Crippen molar-refractivity contribution in [1.82, 2.24) is 15.0 Å². The first-order valence-corrected chi connectivity index (χ1v) is 8.87. The first kappa shape index (κ1) is 16.6. The number of aryl methyl sites for hydroxylation is 1. The van der Waals surface area contributed by atoms with Gasteiger partial charge in [-0.05, 0) is 29.8 Å². The molecule has 0 bridgehead atoms. The Bertz CT molecular complexity index is 913. The predicted molar refractivity (Wildman–Crippen MR) is 101 cm³/mol. The number of nitrogens with one attached hydrogen (secondary N) is 1. The summed E-state index contributed by atoms with van der Waals surface area (Å²) >= 11 is 0. The molecule has 0 unspecified atom stereocenters. The number of carbonyl (C=O) groups excluding carboxylic acids is 1. The van der Waals surface area contributed by atoms with Gasteiger partial charge in [0.05, 0.1) is 5.69 Å². The van der Waals surface area contributed by atoms with Crippen LogP contribution in [0, 0.1) is 6.92 Å². The number of piperazine rings is 1. The molecular weight excluding hydrogens is 328 g/mol. The van der Waals surface area contributed by atoms with E-state index >= 15 is 0 Å². The SMILES string of the molecule is Cc1cc(CN2CCN(C(=O)Nc3ccc4ccccc4c3)CC2)no1. The molecule has 0 saturated carbocycles. The minimum Gasteiger partial charge on any atom is -0.361 e. The van der Waals surface area contributed by atoms with Crippen LogP contribution >= 0.6 is 0 Å². The molecule has 0 aliphatic carbocycles. The molecule has 1 saturated heterocycles. The fourth-order valence-electron chi connectivity index (χ4n) is 3.30. The summed E-state index contributed by atoms with van der Waals surface area (Å²) in [5.41, 5.74) is 1.77. The number of carbonyl (C=O) groups is 1. The van der Waals surface area contributed by atoms with Gasteiger partial charge in [0.15, 0.2) is 0 Å². The molecule has 26 heavy (non-hydrogen) atoms. The maximum Gasteiger partial charge on any atom is 0.321 e. The zero-order valence-electron chi connectivity index (χ0n) is 14.8. The van der Waals surface area contributed by atoms with Crippen molar-refractivity contribution in [2.24, 2.45) is 0 Å². The second kappa shape index (κ2) is 7.17. The van der Waals surface area contributed by atoms with Gasteiger partial charge in [-0.3, -0.25) is 4.90 Å². The van der Waals surface area contributed by atoms with Crippen LogP contribution in [0.2, 0.25) is 0 Å². The molecule has 6 heteroatoms. The van der Waals surface area contributed by atoms with Crippen LogP contribution in [0.25, 0.3) is 10.8 Å². The van der Waals surface area contributed by atoms with E-state index in [0.29, 0.717) is 13.1 Å². The minimum absolute atomic E-state index is 0.0442. The Morgan fingerprint density at radius 1 is 1.08 bits per heavy atom.